The first-order chi connectivity index (χ1) is 13.2. The zero-order chi connectivity index (χ0) is 20.1. The predicted octanol–water partition coefficient (Wildman–Crippen LogP) is 3.36. The van der Waals surface area contributed by atoms with E-state index in [1.807, 2.05) is 20.8 Å². The molecule has 4 rings (SSSR count). The van der Waals surface area contributed by atoms with E-state index in [1.54, 1.807) is 42.5 Å². The quantitative estimate of drug-likeness (QED) is 0.707. The summed E-state index contributed by atoms with van der Waals surface area (Å²) in [5.74, 6) is -0.777. The summed E-state index contributed by atoms with van der Waals surface area (Å²) in [7, 11) is 0. The van der Waals surface area contributed by atoms with Crippen molar-refractivity contribution in [2.75, 3.05) is 11.9 Å². The molecule has 142 valence electrons. The molecular weight excluding hydrogens is 358 g/mol. The number of hydrogen-bond donors (Lipinski definition) is 1. The minimum absolute atomic E-state index is 0.228. The third kappa shape index (κ3) is 3.05. The average Bonchev–Trinajstić information content (AvgIpc) is 3.17. The fraction of sp³-hybridized carbons (Fsp3) is 0.238. The van der Waals surface area contributed by atoms with Crippen molar-refractivity contribution in [2.24, 2.45) is 0 Å². The van der Waals surface area contributed by atoms with Gasteiger partial charge in [0.05, 0.1) is 11.1 Å². The van der Waals surface area contributed by atoms with E-state index < -0.39 is 17.7 Å². The van der Waals surface area contributed by atoms with Crippen molar-refractivity contribution >= 4 is 34.5 Å². The van der Waals surface area contributed by atoms with Crippen molar-refractivity contribution in [3.05, 3.63) is 59.5 Å². The molecule has 0 unspecified atom stereocenters. The highest BCUT2D eigenvalue weighted by Gasteiger charge is 2.36. The minimum Gasteiger partial charge on any atom is -0.440 e. The van der Waals surface area contributed by atoms with Gasteiger partial charge < -0.3 is 9.73 Å². The molecule has 1 aromatic heterocycles. The lowest BCUT2D eigenvalue weighted by Crippen LogP contribution is -2.37. The number of carbonyl (C=O) groups is 3. The van der Waals surface area contributed by atoms with Gasteiger partial charge in [-0.25, -0.2) is 4.98 Å². The highest BCUT2D eigenvalue weighted by molar-refractivity contribution is 6.22. The highest BCUT2D eigenvalue weighted by Crippen LogP contribution is 2.27. The smallest absolute Gasteiger partial charge is 0.262 e. The van der Waals surface area contributed by atoms with Crippen molar-refractivity contribution in [3.63, 3.8) is 0 Å². The van der Waals surface area contributed by atoms with Crippen LogP contribution in [0.3, 0.4) is 0 Å². The molecule has 2 aromatic carbocycles. The van der Waals surface area contributed by atoms with Gasteiger partial charge in [-0.2, -0.15) is 0 Å². The maximum absolute atomic E-state index is 12.4. The number of imide groups is 1. The predicted molar refractivity (Wildman–Crippen MR) is 103 cm³/mol. The molecule has 0 radical (unpaired) electrons. The number of anilines is 1. The number of benzene rings is 2. The Morgan fingerprint density at radius 2 is 1.71 bits per heavy atom. The standard InChI is InChI=1S/C21H19N3O4/c1-21(2,3)20-23-15-10-12(8-9-16(15)28-20)22-17(25)11-24-18(26)13-6-4-5-7-14(13)19(24)27/h4-10H,11H2,1-3H3,(H,22,25). The molecular formula is C21H19N3O4. The fourth-order valence-electron chi connectivity index (χ4n) is 3.05. The molecule has 0 aliphatic carbocycles. The molecule has 3 aromatic rings. The summed E-state index contributed by atoms with van der Waals surface area (Å²) in [5.41, 5.74) is 2.18. The topological polar surface area (TPSA) is 92.5 Å². The first-order valence-electron chi connectivity index (χ1n) is 8.90. The number of nitrogens with zero attached hydrogens (tertiary/aromatic N) is 2. The highest BCUT2D eigenvalue weighted by atomic mass is 16.3. The lowest BCUT2D eigenvalue weighted by Gasteiger charge is -2.13. The summed E-state index contributed by atoms with van der Waals surface area (Å²) in [6.07, 6.45) is 0. The summed E-state index contributed by atoms with van der Waals surface area (Å²) in [5, 5.41) is 2.71. The molecule has 7 heteroatoms. The van der Waals surface area contributed by atoms with Gasteiger partial charge in [-0.15, -0.1) is 0 Å². The zero-order valence-electron chi connectivity index (χ0n) is 15.8. The van der Waals surface area contributed by atoms with Crippen LogP contribution in [0.5, 0.6) is 0 Å². The third-order valence-corrected chi connectivity index (χ3v) is 4.49. The SMILES string of the molecule is CC(C)(C)c1nc2cc(NC(=O)CN3C(=O)c4ccccc4C3=O)ccc2o1. The first kappa shape index (κ1) is 17.9. The third-order valence-electron chi connectivity index (χ3n) is 4.49. The number of rotatable bonds is 3. The maximum Gasteiger partial charge on any atom is 0.262 e. The Bertz CT molecular complexity index is 1090. The van der Waals surface area contributed by atoms with Crippen molar-refractivity contribution in [3.8, 4) is 0 Å². The molecule has 3 amide bonds. The molecule has 0 saturated carbocycles. The molecule has 0 bridgehead atoms. The van der Waals surface area contributed by atoms with E-state index in [-0.39, 0.29) is 12.0 Å². The molecule has 2 heterocycles. The average molecular weight is 377 g/mol. The van der Waals surface area contributed by atoms with Crippen LogP contribution >= 0.6 is 0 Å². The Balaban J connectivity index is 1.50. The second-order valence-electron chi connectivity index (χ2n) is 7.74. The molecule has 0 saturated heterocycles. The van der Waals surface area contributed by atoms with E-state index in [0.29, 0.717) is 33.8 Å². The van der Waals surface area contributed by atoms with Gasteiger partial charge in [-0.05, 0) is 30.3 Å². The number of carbonyl (C=O) groups excluding carboxylic acids is 3. The molecule has 1 aliphatic heterocycles. The maximum atomic E-state index is 12.4. The molecule has 28 heavy (non-hydrogen) atoms. The Labute approximate surface area is 161 Å². The minimum atomic E-state index is -0.464. The van der Waals surface area contributed by atoms with Gasteiger partial charge in [0.15, 0.2) is 5.58 Å². The fourth-order valence-corrected chi connectivity index (χ4v) is 3.05. The van der Waals surface area contributed by atoms with E-state index >= 15 is 0 Å². The van der Waals surface area contributed by atoms with Crippen LogP contribution in [0.25, 0.3) is 11.1 Å². The Morgan fingerprint density at radius 1 is 1.07 bits per heavy atom. The van der Waals surface area contributed by atoms with Crippen LogP contribution in [0.15, 0.2) is 46.9 Å². The summed E-state index contributed by atoms with van der Waals surface area (Å²) in [6.45, 7) is 5.66. The molecule has 0 spiro atoms. The number of oxazole rings is 1. The number of hydrogen-bond acceptors (Lipinski definition) is 5. The van der Waals surface area contributed by atoms with Gasteiger partial charge in [-0.1, -0.05) is 32.9 Å². The number of fused-ring (bicyclic) bond motifs is 2. The van der Waals surface area contributed by atoms with Gasteiger partial charge in [0.2, 0.25) is 11.8 Å². The van der Waals surface area contributed by atoms with Crippen LogP contribution in [-0.4, -0.2) is 34.2 Å². The Hall–Kier alpha value is -3.48. The van der Waals surface area contributed by atoms with Gasteiger partial charge in [0, 0.05) is 11.1 Å². The zero-order valence-corrected chi connectivity index (χ0v) is 15.8. The molecule has 0 atom stereocenters. The molecule has 7 nitrogen and oxygen atoms in total. The lowest BCUT2D eigenvalue weighted by molar-refractivity contribution is -0.116. The summed E-state index contributed by atoms with van der Waals surface area (Å²) in [4.78, 5) is 42.6. The van der Waals surface area contributed by atoms with E-state index in [4.69, 9.17) is 4.42 Å². The Kier molecular flexibility index (Phi) is 4.03. The molecule has 1 aliphatic rings. The first-order valence-corrected chi connectivity index (χ1v) is 8.90. The van der Waals surface area contributed by atoms with Crippen molar-refractivity contribution < 1.29 is 18.8 Å². The van der Waals surface area contributed by atoms with Crippen molar-refractivity contribution in [1.29, 1.82) is 0 Å². The van der Waals surface area contributed by atoms with Crippen LogP contribution < -0.4 is 5.32 Å². The summed E-state index contributed by atoms with van der Waals surface area (Å²) < 4.78 is 5.74. The number of nitrogens with one attached hydrogen (secondary N) is 1. The van der Waals surface area contributed by atoms with E-state index in [9.17, 15) is 14.4 Å². The molecule has 0 fully saturated rings. The number of aromatic nitrogens is 1. The van der Waals surface area contributed by atoms with Crippen LogP contribution in [-0.2, 0) is 10.2 Å². The monoisotopic (exact) mass is 377 g/mol. The van der Waals surface area contributed by atoms with Gasteiger partial charge in [-0.3, -0.25) is 19.3 Å². The van der Waals surface area contributed by atoms with E-state index in [1.165, 1.54) is 0 Å². The van der Waals surface area contributed by atoms with E-state index in [0.717, 1.165) is 4.90 Å². The normalized spacial score (nSPS) is 13.9. The van der Waals surface area contributed by atoms with Crippen molar-refractivity contribution in [2.45, 2.75) is 26.2 Å². The lowest BCUT2D eigenvalue weighted by atomic mass is 9.97. The molecule has 1 N–H and O–H groups in total. The van der Waals surface area contributed by atoms with Crippen LogP contribution in [0, 0.1) is 0 Å². The van der Waals surface area contributed by atoms with Crippen LogP contribution in [0.2, 0.25) is 0 Å². The summed E-state index contributed by atoms with van der Waals surface area (Å²) in [6, 6.07) is 11.7. The largest absolute Gasteiger partial charge is 0.440 e. The van der Waals surface area contributed by atoms with Gasteiger partial charge in [0.1, 0.15) is 12.1 Å². The number of amides is 3. The summed E-state index contributed by atoms with van der Waals surface area (Å²) >= 11 is 0. The van der Waals surface area contributed by atoms with Crippen molar-refractivity contribution in [1.82, 2.24) is 9.88 Å². The second kappa shape index (κ2) is 6.30. The van der Waals surface area contributed by atoms with Gasteiger partial charge >= 0.3 is 0 Å². The van der Waals surface area contributed by atoms with Crippen LogP contribution in [0.1, 0.15) is 47.4 Å². The Morgan fingerprint density at radius 3 is 2.32 bits per heavy atom. The van der Waals surface area contributed by atoms with Crippen LogP contribution in [0.4, 0.5) is 5.69 Å². The second-order valence-corrected chi connectivity index (χ2v) is 7.74. The van der Waals surface area contributed by atoms with E-state index in [2.05, 4.69) is 10.3 Å². The van der Waals surface area contributed by atoms with Gasteiger partial charge in [0.25, 0.3) is 11.8 Å².